The Morgan fingerprint density at radius 3 is 2.39 bits per heavy atom. The van der Waals surface area contributed by atoms with Crippen molar-refractivity contribution in [3.63, 3.8) is 0 Å². The van der Waals surface area contributed by atoms with Crippen LogP contribution in [0.25, 0.3) is 22.4 Å². The van der Waals surface area contributed by atoms with E-state index in [0.29, 0.717) is 23.2 Å². The van der Waals surface area contributed by atoms with Gasteiger partial charge in [0.15, 0.2) is 5.65 Å². The number of halogens is 3. The average Bonchev–Trinajstić information content (AvgIpc) is 3.50. The van der Waals surface area contributed by atoms with Crippen LogP contribution in [0.4, 0.5) is 24.8 Å². The first-order valence-electron chi connectivity index (χ1n) is 15.1. The van der Waals surface area contributed by atoms with Crippen molar-refractivity contribution in [3.8, 4) is 11.3 Å². The van der Waals surface area contributed by atoms with Crippen LogP contribution in [0.2, 0.25) is 0 Å². The lowest BCUT2D eigenvalue weighted by atomic mass is 9.72. The van der Waals surface area contributed by atoms with Crippen molar-refractivity contribution < 1.29 is 21.6 Å². The highest BCUT2D eigenvalue weighted by Crippen LogP contribution is 2.72. The van der Waals surface area contributed by atoms with E-state index in [-0.39, 0.29) is 54.0 Å². The van der Waals surface area contributed by atoms with Crippen molar-refractivity contribution in [2.24, 2.45) is 11.3 Å². The van der Waals surface area contributed by atoms with Crippen LogP contribution in [0, 0.1) is 17.2 Å². The van der Waals surface area contributed by atoms with Crippen LogP contribution in [0.1, 0.15) is 64.8 Å². The highest BCUT2D eigenvalue weighted by Gasteiger charge is 2.75. The number of anilines is 2. The van der Waals surface area contributed by atoms with Crippen molar-refractivity contribution >= 4 is 32.8 Å². The largest absolute Gasteiger partial charge is 0.351 e. The van der Waals surface area contributed by atoms with Gasteiger partial charge in [0.05, 0.1) is 17.6 Å². The summed E-state index contributed by atoms with van der Waals surface area (Å²) in [4.78, 5) is 29.5. The first-order chi connectivity index (χ1) is 20.7. The molecule has 238 valence electrons. The Kier molecular flexibility index (Phi) is 7.67. The molecule has 6 rings (SSSR count). The highest BCUT2D eigenvalue weighted by molar-refractivity contribution is 7.92. The van der Waals surface area contributed by atoms with Crippen molar-refractivity contribution in [1.82, 2.24) is 24.4 Å². The van der Waals surface area contributed by atoms with E-state index in [4.69, 9.17) is 0 Å². The third kappa shape index (κ3) is 5.78. The Hall–Kier alpha value is -3.26. The van der Waals surface area contributed by atoms with Crippen LogP contribution in [0.5, 0.6) is 0 Å². The first kappa shape index (κ1) is 30.8. The van der Waals surface area contributed by atoms with Gasteiger partial charge in [-0.1, -0.05) is 6.07 Å². The van der Waals surface area contributed by atoms with Crippen molar-refractivity contribution in [1.29, 1.82) is 0 Å². The summed E-state index contributed by atoms with van der Waals surface area (Å²) >= 11 is 0. The van der Waals surface area contributed by atoms with Crippen molar-refractivity contribution in [2.75, 3.05) is 29.9 Å². The van der Waals surface area contributed by atoms with Gasteiger partial charge in [-0.25, -0.2) is 31.6 Å². The normalized spacial score (nSPS) is 26.2. The molecule has 0 saturated heterocycles. The molecule has 3 fully saturated rings. The number of hydrogen-bond donors (Lipinski definition) is 2. The molecule has 0 amide bonds. The predicted molar refractivity (Wildman–Crippen MR) is 163 cm³/mol. The Bertz CT molecular complexity index is 1750. The summed E-state index contributed by atoms with van der Waals surface area (Å²) in [5.41, 5.74) is -0.918. The molecule has 0 bridgehead atoms. The SMILES string of the molecule is CC(C)n1c(=O)c(-c2ccc(NS(=O)(=O)CC3CC4(C3)CC4(F)F)c(F)c2)nc2cnc(NC3CCC(N(C)C)CC3)nc21. The zero-order chi connectivity index (χ0) is 31.6. The zero-order valence-electron chi connectivity index (χ0n) is 25.3. The molecule has 2 aromatic heterocycles. The number of alkyl halides is 2. The zero-order valence-corrected chi connectivity index (χ0v) is 26.1. The topological polar surface area (TPSA) is 122 Å². The smallest absolute Gasteiger partial charge is 0.278 e. The van der Waals surface area contributed by atoms with E-state index in [9.17, 15) is 22.0 Å². The number of sulfonamides is 1. The highest BCUT2D eigenvalue weighted by atomic mass is 32.2. The van der Waals surface area contributed by atoms with Gasteiger partial charge in [-0.05, 0) is 84.5 Å². The number of nitrogens with one attached hydrogen (secondary N) is 2. The maximum absolute atomic E-state index is 15.2. The Labute approximate surface area is 254 Å². The Morgan fingerprint density at radius 2 is 1.80 bits per heavy atom. The maximum atomic E-state index is 15.2. The maximum Gasteiger partial charge on any atom is 0.278 e. The van der Waals surface area contributed by atoms with Crippen LogP contribution < -0.4 is 15.6 Å². The lowest BCUT2D eigenvalue weighted by molar-refractivity contribution is 0.00748. The second kappa shape index (κ2) is 11.0. The number of rotatable bonds is 9. The molecule has 44 heavy (non-hydrogen) atoms. The van der Waals surface area contributed by atoms with Gasteiger partial charge in [0.2, 0.25) is 16.0 Å². The fourth-order valence-electron chi connectivity index (χ4n) is 6.91. The summed E-state index contributed by atoms with van der Waals surface area (Å²) in [5.74, 6) is -3.92. The van der Waals surface area contributed by atoms with Gasteiger partial charge in [0.1, 0.15) is 17.0 Å². The summed E-state index contributed by atoms with van der Waals surface area (Å²) in [5, 5.41) is 3.40. The Morgan fingerprint density at radius 1 is 1.11 bits per heavy atom. The third-order valence-corrected chi connectivity index (χ3v) is 10.9. The molecular weight excluding hydrogens is 595 g/mol. The minimum Gasteiger partial charge on any atom is -0.351 e. The number of aromatic nitrogens is 4. The second-order valence-corrected chi connectivity index (χ2v) is 15.0. The lowest BCUT2D eigenvalue weighted by Crippen LogP contribution is -2.36. The molecule has 2 heterocycles. The van der Waals surface area contributed by atoms with E-state index >= 15 is 4.39 Å². The van der Waals surface area contributed by atoms with Crippen LogP contribution in [-0.2, 0) is 10.0 Å². The quantitative estimate of drug-likeness (QED) is 0.337. The van der Waals surface area contributed by atoms with Crippen LogP contribution in [0.3, 0.4) is 0 Å². The van der Waals surface area contributed by atoms with Gasteiger partial charge in [0.25, 0.3) is 11.5 Å². The molecule has 0 unspecified atom stereocenters. The monoisotopic (exact) mass is 633 g/mol. The standard InChI is InChI=1S/C30H38F3N7O3S/c1-17(2)40-26-24(14-34-28(37-26)35-20-6-8-21(9-7-20)39(3)4)36-25(27(40)41)19-5-10-23(22(31)11-19)38-44(42,43)15-18-12-29(13-18)16-30(29,32)33/h5,10-11,14,17-18,20-21,38H,6-9,12-13,15-16H2,1-4H3,(H,34,35,37). The lowest BCUT2D eigenvalue weighted by Gasteiger charge is -2.35. The minimum absolute atomic E-state index is 0.0176. The predicted octanol–water partition coefficient (Wildman–Crippen LogP) is 5.04. The van der Waals surface area contributed by atoms with E-state index in [1.165, 1.54) is 16.7 Å². The van der Waals surface area contributed by atoms with Gasteiger partial charge in [-0.2, -0.15) is 4.98 Å². The van der Waals surface area contributed by atoms with Gasteiger partial charge in [0, 0.05) is 35.5 Å². The summed E-state index contributed by atoms with van der Waals surface area (Å²) in [6.45, 7) is 3.68. The molecule has 1 aromatic carbocycles. The molecule has 3 saturated carbocycles. The molecule has 3 aliphatic carbocycles. The minimum atomic E-state index is -3.97. The van der Waals surface area contributed by atoms with Crippen LogP contribution in [-0.4, -0.2) is 70.7 Å². The van der Waals surface area contributed by atoms with Gasteiger partial charge < -0.3 is 10.2 Å². The summed E-state index contributed by atoms with van der Waals surface area (Å²) in [7, 11) is 0.214. The Balaban J connectivity index is 1.20. The fourth-order valence-corrected chi connectivity index (χ4v) is 8.35. The molecule has 2 N–H and O–H groups in total. The summed E-state index contributed by atoms with van der Waals surface area (Å²) in [6.07, 6.45) is 5.75. The van der Waals surface area contributed by atoms with Gasteiger partial charge >= 0.3 is 0 Å². The summed E-state index contributed by atoms with van der Waals surface area (Å²) in [6, 6.07) is 4.20. The van der Waals surface area contributed by atoms with Crippen molar-refractivity contribution in [3.05, 3.63) is 40.6 Å². The number of fused-ring (bicyclic) bond motifs is 1. The molecule has 3 aliphatic rings. The molecule has 1 spiro atoms. The van der Waals surface area contributed by atoms with Gasteiger partial charge in [-0.15, -0.1) is 0 Å². The van der Waals surface area contributed by atoms with Gasteiger partial charge in [-0.3, -0.25) is 14.1 Å². The summed E-state index contributed by atoms with van der Waals surface area (Å²) < 4.78 is 71.2. The molecule has 3 aromatic rings. The van der Waals surface area contributed by atoms with Crippen LogP contribution >= 0.6 is 0 Å². The molecule has 10 nitrogen and oxygen atoms in total. The van der Waals surface area contributed by atoms with Crippen LogP contribution in [0.15, 0.2) is 29.2 Å². The van der Waals surface area contributed by atoms with E-state index in [1.54, 1.807) is 6.20 Å². The average molecular weight is 634 g/mol. The molecule has 0 radical (unpaired) electrons. The number of benzene rings is 1. The molecular formula is C30H38F3N7O3S. The second-order valence-electron chi connectivity index (χ2n) is 13.3. The van der Waals surface area contributed by atoms with E-state index < -0.39 is 38.7 Å². The van der Waals surface area contributed by atoms with E-state index in [0.717, 1.165) is 31.7 Å². The molecule has 0 aliphatic heterocycles. The van der Waals surface area contributed by atoms with Crippen molar-refractivity contribution in [2.45, 2.75) is 82.8 Å². The fraction of sp³-hybridized carbons (Fsp3) is 0.600. The van der Waals surface area contributed by atoms with E-state index in [1.807, 2.05) is 13.8 Å². The number of hydrogen-bond acceptors (Lipinski definition) is 8. The number of nitrogens with zero attached hydrogens (tertiary/aromatic N) is 5. The third-order valence-electron chi connectivity index (χ3n) is 9.44. The molecule has 14 heteroatoms. The molecule has 0 atom stereocenters. The first-order valence-corrected chi connectivity index (χ1v) is 16.7. The van der Waals surface area contributed by atoms with E-state index in [2.05, 4.69) is 44.0 Å².